The number of nitrogens with zero attached hydrogens (tertiary/aromatic N) is 2. The molecule has 0 bridgehead atoms. The van der Waals surface area contributed by atoms with Crippen molar-refractivity contribution in [3.05, 3.63) is 29.8 Å². The summed E-state index contributed by atoms with van der Waals surface area (Å²) in [6.45, 7) is 7.80. The number of likely N-dealkylation sites (tertiary alicyclic amines) is 1. The van der Waals surface area contributed by atoms with Gasteiger partial charge in [0.1, 0.15) is 0 Å². The lowest BCUT2D eigenvalue weighted by atomic mass is 10.1. The Morgan fingerprint density at radius 1 is 1.45 bits per heavy atom. The highest BCUT2D eigenvalue weighted by Crippen LogP contribution is 2.20. The first-order chi connectivity index (χ1) is 9.63. The maximum Gasteiger partial charge on any atom is 0.223 e. The number of hydrogen-bond acceptors (Lipinski definition) is 3. The second-order valence-electron chi connectivity index (χ2n) is 5.51. The highest BCUT2D eigenvalue weighted by molar-refractivity contribution is 7.80. The van der Waals surface area contributed by atoms with E-state index < -0.39 is 0 Å². The van der Waals surface area contributed by atoms with Crippen LogP contribution in [0.4, 0.5) is 5.69 Å². The lowest BCUT2D eigenvalue weighted by molar-refractivity contribution is -0.127. The van der Waals surface area contributed by atoms with Crippen LogP contribution < -0.4 is 4.90 Å². The Balaban J connectivity index is 1.93. The van der Waals surface area contributed by atoms with Gasteiger partial charge in [-0.15, -0.1) is 0 Å². The molecular weight excluding hydrogens is 268 g/mol. The highest BCUT2D eigenvalue weighted by Gasteiger charge is 2.28. The molecule has 20 heavy (non-hydrogen) atoms. The highest BCUT2D eigenvalue weighted by atomic mass is 32.1. The number of rotatable bonds is 6. The minimum atomic E-state index is 0.282. The Kier molecular flexibility index (Phi) is 5.35. The average Bonchev–Trinajstić information content (AvgIpc) is 2.80. The van der Waals surface area contributed by atoms with Crippen molar-refractivity contribution in [3.63, 3.8) is 0 Å². The van der Waals surface area contributed by atoms with Crippen LogP contribution in [0.1, 0.15) is 18.9 Å². The van der Waals surface area contributed by atoms with Crippen molar-refractivity contribution >= 4 is 24.2 Å². The van der Waals surface area contributed by atoms with E-state index in [2.05, 4.69) is 55.6 Å². The molecule has 2 rings (SSSR count). The molecule has 1 amide bonds. The molecule has 0 aromatic heterocycles. The summed E-state index contributed by atoms with van der Waals surface area (Å²) in [4.78, 5) is 16.2. The maximum absolute atomic E-state index is 11.9. The van der Waals surface area contributed by atoms with E-state index in [9.17, 15) is 4.79 Å². The van der Waals surface area contributed by atoms with Crippen molar-refractivity contribution in [3.8, 4) is 0 Å². The van der Waals surface area contributed by atoms with Crippen molar-refractivity contribution in [1.29, 1.82) is 0 Å². The van der Waals surface area contributed by atoms with Gasteiger partial charge in [0.25, 0.3) is 0 Å². The Morgan fingerprint density at radius 3 is 2.85 bits per heavy atom. The molecule has 0 saturated carbocycles. The number of aryl methyl sites for hydroxylation is 1. The monoisotopic (exact) mass is 292 g/mol. The van der Waals surface area contributed by atoms with Crippen LogP contribution in [0.15, 0.2) is 24.3 Å². The minimum Gasteiger partial charge on any atom is -0.370 e. The Hall–Kier alpha value is -1.16. The van der Waals surface area contributed by atoms with Crippen LogP contribution in [0, 0.1) is 12.8 Å². The van der Waals surface area contributed by atoms with Crippen LogP contribution in [-0.2, 0) is 4.79 Å². The van der Waals surface area contributed by atoms with Gasteiger partial charge >= 0.3 is 0 Å². The third kappa shape index (κ3) is 3.69. The molecule has 0 N–H and O–H groups in total. The predicted octanol–water partition coefficient (Wildman–Crippen LogP) is 2.60. The second kappa shape index (κ2) is 7.02. The zero-order chi connectivity index (χ0) is 14.5. The summed E-state index contributed by atoms with van der Waals surface area (Å²) < 4.78 is 0. The molecule has 1 unspecified atom stereocenters. The molecule has 0 radical (unpaired) electrons. The molecule has 0 aliphatic carbocycles. The molecule has 0 spiro atoms. The van der Waals surface area contributed by atoms with Crippen molar-refractivity contribution < 1.29 is 4.79 Å². The van der Waals surface area contributed by atoms with Crippen LogP contribution >= 0.6 is 12.6 Å². The molecule has 1 aliphatic heterocycles. The van der Waals surface area contributed by atoms with Gasteiger partial charge in [0.15, 0.2) is 0 Å². The van der Waals surface area contributed by atoms with Gasteiger partial charge in [-0.3, -0.25) is 4.79 Å². The summed E-state index contributed by atoms with van der Waals surface area (Å²) in [6.07, 6.45) is 0.667. The van der Waals surface area contributed by atoms with Crippen LogP contribution in [0.3, 0.4) is 0 Å². The van der Waals surface area contributed by atoms with Crippen LogP contribution in [0.2, 0.25) is 0 Å². The topological polar surface area (TPSA) is 23.6 Å². The Morgan fingerprint density at radius 2 is 2.25 bits per heavy atom. The van der Waals surface area contributed by atoms with Crippen molar-refractivity contribution in [2.75, 3.05) is 36.8 Å². The molecule has 1 saturated heterocycles. The van der Waals surface area contributed by atoms with Gasteiger partial charge in [0.05, 0.1) is 0 Å². The van der Waals surface area contributed by atoms with Gasteiger partial charge in [-0.2, -0.15) is 12.6 Å². The molecule has 1 aromatic carbocycles. The summed E-state index contributed by atoms with van der Waals surface area (Å²) in [5.41, 5.74) is 2.51. The first-order valence-electron chi connectivity index (χ1n) is 7.34. The standard InChI is InChI=1S/C16H24N2OS/c1-3-17(15-6-4-5-13(2)9-15)7-8-18-11-14(12-20)10-16(18)19/h4-6,9,14,20H,3,7-8,10-12H2,1-2H3. The smallest absolute Gasteiger partial charge is 0.223 e. The molecule has 1 aromatic rings. The number of carbonyl (C=O) groups excluding carboxylic acids is 1. The molecule has 110 valence electrons. The van der Waals surface area contributed by atoms with Crippen LogP contribution in [0.25, 0.3) is 0 Å². The zero-order valence-corrected chi connectivity index (χ0v) is 13.3. The lowest BCUT2D eigenvalue weighted by Crippen LogP contribution is -2.36. The van der Waals surface area contributed by atoms with Gasteiger partial charge < -0.3 is 9.80 Å². The van der Waals surface area contributed by atoms with Gasteiger partial charge in [-0.05, 0) is 43.2 Å². The van der Waals surface area contributed by atoms with Crippen molar-refractivity contribution in [2.24, 2.45) is 5.92 Å². The zero-order valence-electron chi connectivity index (χ0n) is 12.4. The minimum absolute atomic E-state index is 0.282. The normalized spacial score (nSPS) is 18.6. The predicted molar refractivity (Wildman–Crippen MR) is 87.6 cm³/mol. The van der Waals surface area contributed by atoms with E-state index >= 15 is 0 Å². The fraction of sp³-hybridized carbons (Fsp3) is 0.562. The molecule has 1 fully saturated rings. The molecule has 1 atom stereocenters. The fourth-order valence-corrected chi connectivity index (χ4v) is 2.97. The Labute approximate surface area is 127 Å². The number of amides is 1. The maximum atomic E-state index is 11.9. The van der Waals surface area contributed by atoms with E-state index in [4.69, 9.17) is 0 Å². The number of hydrogen-bond donors (Lipinski definition) is 1. The second-order valence-corrected chi connectivity index (χ2v) is 5.88. The van der Waals surface area contributed by atoms with E-state index in [1.165, 1.54) is 11.3 Å². The van der Waals surface area contributed by atoms with Gasteiger partial charge in [0, 0.05) is 38.3 Å². The summed E-state index contributed by atoms with van der Waals surface area (Å²) in [5, 5.41) is 0. The average molecular weight is 292 g/mol. The van der Waals surface area contributed by atoms with Gasteiger partial charge in [0.2, 0.25) is 5.91 Å². The Bertz CT molecular complexity index is 464. The van der Waals surface area contributed by atoms with E-state index in [-0.39, 0.29) is 5.91 Å². The summed E-state index contributed by atoms with van der Waals surface area (Å²) >= 11 is 4.30. The van der Waals surface area contributed by atoms with Gasteiger partial charge in [-0.1, -0.05) is 12.1 Å². The van der Waals surface area contributed by atoms with E-state index in [1.54, 1.807) is 0 Å². The summed E-state index contributed by atoms with van der Waals surface area (Å²) in [6, 6.07) is 8.54. The number of thiol groups is 1. The number of carbonyl (C=O) groups is 1. The van der Waals surface area contributed by atoms with E-state index in [1.807, 2.05) is 4.90 Å². The van der Waals surface area contributed by atoms with Crippen molar-refractivity contribution in [1.82, 2.24) is 4.90 Å². The number of anilines is 1. The number of benzene rings is 1. The molecule has 1 aliphatic rings. The lowest BCUT2D eigenvalue weighted by Gasteiger charge is -2.26. The third-order valence-corrected chi connectivity index (χ3v) is 4.46. The molecule has 4 heteroatoms. The van der Waals surface area contributed by atoms with E-state index in [0.717, 1.165) is 31.9 Å². The van der Waals surface area contributed by atoms with Gasteiger partial charge in [-0.25, -0.2) is 0 Å². The largest absolute Gasteiger partial charge is 0.370 e. The first-order valence-corrected chi connectivity index (χ1v) is 7.97. The molecule has 1 heterocycles. The molecular formula is C16H24N2OS. The van der Waals surface area contributed by atoms with Crippen LogP contribution in [-0.4, -0.2) is 42.7 Å². The third-order valence-electron chi connectivity index (χ3n) is 3.94. The fourth-order valence-electron chi connectivity index (χ4n) is 2.73. The van der Waals surface area contributed by atoms with E-state index in [0.29, 0.717) is 12.3 Å². The molecule has 3 nitrogen and oxygen atoms in total. The quantitative estimate of drug-likeness (QED) is 0.815. The SMILES string of the molecule is CCN(CCN1CC(CS)CC1=O)c1cccc(C)c1. The number of likely N-dealkylation sites (N-methyl/N-ethyl adjacent to an activating group) is 1. The van der Waals surface area contributed by atoms with Crippen molar-refractivity contribution in [2.45, 2.75) is 20.3 Å². The summed E-state index contributed by atoms with van der Waals surface area (Å²) in [5.74, 6) is 1.52. The summed E-state index contributed by atoms with van der Waals surface area (Å²) in [7, 11) is 0. The first kappa shape index (κ1) is 15.2. The van der Waals surface area contributed by atoms with Crippen LogP contribution in [0.5, 0.6) is 0 Å².